The van der Waals surface area contributed by atoms with Crippen LogP contribution >= 0.6 is 39.3 Å². The number of ether oxygens (including phenoxy) is 2. The molecule has 0 radical (unpaired) electrons. The number of benzene rings is 3. The van der Waals surface area contributed by atoms with Crippen LogP contribution in [0.2, 0.25) is 5.02 Å². The van der Waals surface area contributed by atoms with Gasteiger partial charge in [0.1, 0.15) is 24.7 Å². The monoisotopic (exact) mass is 543 g/mol. The summed E-state index contributed by atoms with van der Waals surface area (Å²) in [5, 5.41) is 0.283. The fourth-order valence-electron chi connectivity index (χ4n) is 3.12. The van der Waals surface area contributed by atoms with Crippen LogP contribution in [0.15, 0.2) is 82.2 Å². The maximum atomic E-state index is 12.9. The number of imide groups is 1. The first-order chi connectivity index (χ1) is 16.0. The number of halogens is 2. The number of rotatable bonds is 8. The number of hydrogen-bond acceptors (Lipinski definition) is 5. The standard InChI is InChI=1S/C25H19BrClNO4S/c26-19-6-11-22(32-16-17-4-2-1-3-5-17)18(14-19)15-23-24(29)28(25(30)33-23)12-13-31-21-9-7-20(27)8-10-21/h1-11,14-15H,12-13,16H2/b23-15-. The van der Waals surface area contributed by atoms with E-state index >= 15 is 0 Å². The molecule has 0 saturated carbocycles. The molecule has 1 heterocycles. The fraction of sp³-hybridized carbons (Fsp3) is 0.120. The van der Waals surface area contributed by atoms with Crippen molar-refractivity contribution in [2.24, 2.45) is 0 Å². The van der Waals surface area contributed by atoms with E-state index in [-0.39, 0.29) is 24.3 Å². The van der Waals surface area contributed by atoms with E-state index in [1.54, 1.807) is 30.3 Å². The third-order valence-corrected chi connectivity index (χ3v) is 6.42. The summed E-state index contributed by atoms with van der Waals surface area (Å²) in [6.45, 7) is 0.739. The average Bonchev–Trinajstić information content (AvgIpc) is 3.08. The van der Waals surface area contributed by atoms with Crippen LogP contribution in [0.5, 0.6) is 11.5 Å². The van der Waals surface area contributed by atoms with Gasteiger partial charge in [0.15, 0.2) is 0 Å². The smallest absolute Gasteiger partial charge is 0.293 e. The lowest BCUT2D eigenvalue weighted by Crippen LogP contribution is -2.32. The molecular formula is C25H19BrClNO4S. The molecule has 1 aliphatic rings. The van der Waals surface area contributed by atoms with Crippen molar-refractivity contribution in [2.75, 3.05) is 13.2 Å². The average molecular weight is 545 g/mol. The lowest BCUT2D eigenvalue weighted by Gasteiger charge is -2.13. The summed E-state index contributed by atoms with van der Waals surface area (Å²) in [5.74, 6) is 0.898. The highest BCUT2D eigenvalue weighted by molar-refractivity contribution is 9.10. The molecule has 0 unspecified atom stereocenters. The van der Waals surface area contributed by atoms with Crippen molar-refractivity contribution >= 4 is 56.5 Å². The summed E-state index contributed by atoms with van der Waals surface area (Å²) in [7, 11) is 0. The maximum absolute atomic E-state index is 12.9. The summed E-state index contributed by atoms with van der Waals surface area (Å²) in [6, 6.07) is 22.3. The minimum atomic E-state index is -0.348. The van der Waals surface area contributed by atoms with E-state index in [2.05, 4.69) is 15.9 Å². The molecule has 1 saturated heterocycles. The zero-order valence-corrected chi connectivity index (χ0v) is 20.5. The van der Waals surface area contributed by atoms with Crippen molar-refractivity contribution in [2.45, 2.75) is 6.61 Å². The molecule has 33 heavy (non-hydrogen) atoms. The van der Waals surface area contributed by atoms with Crippen LogP contribution in [0, 0.1) is 0 Å². The SMILES string of the molecule is O=C1S/C(=C\c2cc(Br)ccc2OCc2ccccc2)C(=O)N1CCOc1ccc(Cl)cc1. The van der Waals surface area contributed by atoms with Gasteiger partial charge in [-0.05, 0) is 65.9 Å². The summed E-state index contributed by atoms with van der Waals surface area (Å²) >= 11 is 10.2. The van der Waals surface area contributed by atoms with E-state index < -0.39 is 0 Å². The quantitative estimate of drug-likeness (QED) is 0.292. The van der Waals surface area contributed by atoms with Crippen molar-refractivity contribution in [3.8, 4) is 11.5 Å². The van der Waals surface area contributed by atoms with Crippen molar-refractivity contribution in [3.63, 3.8) is 0 Å². The van der Waals surface area contributed by atoms with Crippen LogP contribution in [0.4, 0.5) is 4.79 Å². The first-order valence-electron chi connectivity index (χ1n) is 10.1. The molecule has 1 fully saturated rings. The Morgan fingerprint density at radius 1 is 0.970 bits per heavy atom. The third-order valence-electron chi connectivity index (χ3n) is 4.77. The van der Waals surface area contributed by atoms with Gasteiger partial charge < -0.3 is 9.47 Å². The molecule has 0 atom stereocenters. The molecule has 5 nitrogen and oxygen atoms in total. The molecule has 0 bridgehead atoms. The lowest BCUT2D eigenvalue weighted by atomic mass is 10.1. The van der Waals surface area contributed by atoms with Gasteiger partial charge in [-0.3, -0.25) is 14.5 Å². The predicted molar refractivity (Wildman–Crippen MR) is 135 cm³/mol. The van der Waals surface area contributed by atoms with Gasteiger partial charge in [-0.1, -0.05) is 57.9 Å². The highest BCUT2D eigenvalue weighted by Crippen LogP contribution is 2.35. The molecule has 3 aromatic carbocycles. The molecule has 2 amide bonds. The molecule has 4 rings (SSSR count). The highest BCUT2D eigenvalue weighted by atomic mass is 79.9. The number of thioether (sulfide) groups is 1. The molecule has 8 heteroatoms. The van der Waals surface area contributed by atoms with Gasteiger partial charge in [0.05, 0.1) is 11.4 Å². The number of hydrogen-bond donors (Lipinski definition) is 0. The van der Waals surface area contributed by atoms with Crippen LogP contribution < -0.4 is 9.47 Å². The zero-order valence-electron chi connectivity index (χ0n) is 17.4. The normalized spacial score (nSPS) is 14.7. The van der Waals surface area contributed by atoms with Crippen molar-refractivity contribution < 1.29 is 19.1 Å². The van der Waals surface area contributed by atoms with Crippen molar-refractivity contribution in [3.05, 3.63) is 98.3 Å². The third kappa shape index (κ3) is 6.19. The molecule has 168 valence electrons. The lowest BCUT2D eigenvalue weighted by molar-refractivity contribution is -0.123. The Morgan fingerprint density at radius 2 is 1.73 bits per heavy atom. The van der Waals surface area contributed by atoms with Crippen LogP contribution in [-0.2, 0) is 11.4 Å². The number of carbonyl (C=O) groups is 2. The van der Waals surface area contributed by atoms with E-state index in [0.29, 0.717) is 33.6 Å². The number of carbonyl (C=O) groups excluding carboxylic acids is 2. The van der Waals surface area contributed by atoms with Crippen LogP contribution in [0.3, 0.4) is 0 Å². The van der Waals surface area contributed by atoms with Gasteiger partial charge in [0, 0.05) is 15.1 Å². The second kappa shape index (κ2) is 10.9. The minimum Gasteiger partial charge on any atom is -0.492 e. The van der Waals surface area contributed by atoms with E-state index in [4.69, 9.17) is 21.1 Å². The zero-order chi connectivity index (χ0) is 23.2. The maximum Gasteiger partial charge on any atom is 0.293 e. The second-order valence-corrected chi connectivity index (χ2v) is 9.44. The molecule has 1 aliphatic heterocycles. The topological polar surface area (TPSA) is 55.8 Å². The summed E-state index contributed by atoms with van der Waals surface area (Å²) in [6.07, 6.45) is 1.69. The Labute approximate surface area is 209 Å². The Morgan fingerprint density at radius 3 is 2.48 bits per heavy atom. The van der Waals surface area contributed by atoms with Gasteiger partial charge in [0.2, 0.25) is 0 Å². The summed E-state index contributed by atoms with van der Waals surface area (Å²) < 4.78 is 12.5. The van der Waals surface area contributed by atoms with Gasteiger partial charge in [0.25, 0.3) is 11.1 Å². The molecule has 0 aromatic heterocycles. The van der Waals surface area contributed by atoms with Gasteiger partial charge in [-0.15, -0.1) is 0 Å². The Kier molecular flexibility index (Phi) is 7.75. The van der Waals surface area contributed by atoms with Crippen molar-refractivity contribution in [1.82, 2.24) is 4.90 Å². The second-order valence-electron chi connectivity index (χ2n) is 7.09. The predicted octanol–water partition coefficient (Wildman–Crippen LogP) is 6.80. The molecule has 3 aromatic rings. The molecule has 0 aliphatic carbocycles. The van der Waals surface area contributed by atoms with Crippen molar-refractivity contribution in [1.29, 1.82) is 0 Å². The molecule has 0 spiro atoms. The van der Waals surface area contributed by atoms with Gasteiger partial charge >= 0.3 is 0 Å². The largest absolute Gasteiger partial charge is 0.492 e. The summed E-state index contributed by atoms with van der Waals surface area (Å²) in [5.41, 5.74) is 1.75. The van der Waals surface area contributed by atoms with E-state index in [1.165, 1.54) is 4.90 Å². The Bertz CT molecular complexity index is 1180. The van der Waals surface area contributed by atoms with Crippen LogP contribution in [0.25, 0.3) is 6.08 Å². The minimum absolute atomic E-state index is 0.153. The first-order valence-corrected chi connectivity index (χ1v) is 12.1. The van der Waals surface area contributed by atoms with Gasteiger partial charge in [-0.25, -0.2) is 0 Å². The fourth-order valence-corrected chi connectivity index (χ4v) is 4.48. The van der Waals surface area contributed by atoms with Gasteiger partial charge in [-0.2, -0.15) is 0 Å². The first kappa shape index (κ1) is 23.4. The molecular weight excluding hydrogens is 526 g/mol. The summed E-state index contributed by atoms with van der Waals surface area (Å²) in [4.78, 5) is 26.9. The molecule has 0 N–H and O–H groups in total. The highest BCUT2D eigenvalue weighted by Gasteiger charge is 2.35. The van der Waals surface area contributed by atoms with E-state index in [0.717, 1.165) is 21.8 Å². The van der Waals surface area contributed by atoms with Crippen LogP contribution in [0.1, 0.15) is 11.1 Å². The van der Waals surface area contributed by atoms with Crippen LogP contribution in [-0.4, -0.2) is 29.2 Å². The Balaban J connectivity index is 1.44. The Hall–Kier alpha value is -2.74. The van der Waals surface area contributed by atoms with E-state index in [1.807, 2.05) is 48.5 Å². The number of nitrogens with zero attached hydrogens (tertiary/aromatic N) is 1. The van der Waals surface area contributed by atoms with E-state index in [9.17, 15) is 9.59 Å². The number of amides is 2.